The number of fused-ring (bicyclic) bond motifs is 1. The molecular formula is C15H18N2O3S. The molecule has 112 valence electrons. The summed E-state index contributed by atoms with van der Waals surface area (Å²) in [5, 5.41) is 11.1. The van der Waals surface area contributed by atoms with Crippen molar-refractivity contribution in [2.24, 2.45) is 0 Å². The Morgan fingerprint density at radius 3 is 2.90 bits per heavy atom. The van der Waals surface area contributed by atoms with Crippen LogP contribution < -0.4 is 4.90 Å². The molecule has 1 aliphatic rings. The minimum Gasteiger partial charge on any atom is -0.481 e. The summed E-state index contributed by atoms with van der Waals surface area (Å²) in [7, 11) is 0. The topological polar surface area (TPSA) is 62.7 Å². The Morgan fingerprint density at radius 1 is 1.38 bits per heavy atom. The van der Waals surface area contributed by atoms with Gasteiger partial charge in [-0.25, -0.2) is 0 Å². The molecule has 1 saturated heterocycles. The zero-order valence-electron chi connectivity index (χ0n) is 11.7. The molecule has 5 nitrogen and oxygen atoms in total. The quantitative estimate of drug-likeness (QED) is 0.920. The van der Waals surface area contributed by atoms with Gasteiger partial charge in [0.2, 0.25) is 0 Å². The van der Waals surface area contributed by atoms with Crippen LogP contribution in [0, 0.1) is 0 Å². The van der Waals surface area contributed by atoms with Gasteiger partial charge in [-0.3, -0.25) is 4.79 Å². The van der Waals surface area contributed by atoms with E-state index in [1.807, 2.05) is 18.2 Å². The van der Waals surface area contributed by atoms with Crippen molar-refractivity contribution < 1.29 is 14.6 Å². The second-order valence-corrected chi connectivity index (χ2v) is 5.96. The van der Waals surface area contributed by atoms with Gasteiger partial charge in [0.05, 0.1) is 24.6 Å². The van der Waals surface area contributed by atoms with Gasteiger partial charge < -0.3 is 14.7 Å². The van der Waals surface area contributed by atoms with Crippen molar-refractivity contribution in [2.75, 3.05) is 24.6 Å². The lowest BCUT2D eigenvalue weighted by Crippen LogP contribution is -2.36. The third-order valence-electron chi connectivity index (χ3n) is 3.76. The lowest BCUT2D eigenvalue weighted by Gasteiger charge is -2.32. The Morgan fingerprint density at radius 2 is 2.14 bits per heavy atom. The lowest BCUT2D eigenvalue weighted by atomic mass is 10.1. The Bertz CT molecular complexity index is 620. The fraction of sp³-hybridized carbons (Fsp3) is 0.467. The number of carboxylic acid groups (broad SMARTS) is 1. The minimum atomic E-state index is -0.802. The van der Waals surface area contributed by atoms with E-state index in [9.17, 15) is 4.79 Å². The van der Waals surface area contributed by atoms with Gasteiger partial charge in [0.15, 0.2) is 0 Å². The van der Waals surface area contributed by atoms with Crippen LogP contribution in [0.3, 0.4) is 0 Å². The first-order valence-corrected chi connectivity index (χ1v) is 7.94. The standard InChI is InChI=1S/C15H18N2O3S/c18-14(19)7-10-20-11-5-8-17(9-6-11)15-12-3-1-2-4-13(12)16-21-15/h1-4,11H,5-10H2,(H,18,19). The smallest absolute Gasteiger partial charge is 0.305 e. The normalized spacial score (nSPS) is 16.5. The summed E-state index contributed by atoms with van der Waals surface area (Å²) < 4.78 is 10.1. The first kappa shape index (κ1) is 14.3. The summed E-state index contributed by atoms with van der Waals surface area (Å²) >= 11 is 1.55. The van der Waals surface area contributed by atoms with Crippen LogP contribution >= 0.6 is 11.5 Å². The van der Waals surface area contributed by atoms with Gasteiger partial charge in [-0.1, -0.05) is 12.1 Å². The van der Waals surface area contributed by atoms with Crippen LogP contribution in [0.15, 0.2) is 24.3 Å². The molecule has 1 aliphatic heterocycles. The first-order valence-electron chi connectivity index (χ1n) is 7.17. The molecule has 3 rings (SSSR count). The maximum Gasteiger partial charge on any atom is 0.305 e. The summed E-state index contributed by atoms with van der Waals surface area (Å²) in [6, 6.07) is 8.21. The molecule has 1 fully saturated rings. The molecule has 0 bridgehead atoms. The molecule has 2 heterocycles. The number of aliphatic carboxylic acids is 1. The van der Waals surface area contributed by atoms with E-state index in [0.29, 0.717) is 6.61 Å². The third-order valence-corrected chi connectivity index (χ3v) is 4.70. The number of aromatic nitrogens is 1. The van der Waals surface area contributed by atoms with E-state index in [0.717, 1.165) is 31.4 Å². The van der Waals surface area contributed by atoms with Crippen LogP contribution in [0.2, 0.25) is 0 Å². The third kappa shape index (κ3) is 3.33. The zero-order chi connectivity index (χ0) is 14.7. The SMILES string of the molecule is O=C(O)CCOC1CCN(c2snc3ccccc23)CC1. The van der Waals surface area contributed by atoms with E-state index in [4.69, 9.17) is 9.84 Å². The Labute approximate surface area is 127 Å². The molecule has 1 N–H and O–H groups in total. The predicted molar refractivity (Wildman–Crippen MR) is 83.1 cm³/mol. The molecule has 0 aliphatic carbocycles. The lowest BCUT2D eigenvalue weighted by molar-refractivity contribution is -0.138. The summed E-state index contributed by atoms with van der Waals surface area (Å²) in [6.45, 7) is 2.18. The summed E-state index contributed by atoms with van der Waals surface area (Å²) in [5.74, 6) is -0.802. The molecular weight excluding hydrogens is 288 g/mol. The highest BCUT2D eigenvalue weighted by Crippen LogP contribution is 2.33. The number of anilines is 1. The van der Waals surface area contributed by atoms with Crippen LogP contribution in [0.1, 0.15) is 19.3 Å². The highest BCUT2D eigenvalue weighted by molar-refractivity contribution is 7.11. The van der Waals surface area contributed by atoms with Crippen LogP contribution in [-0.4, -0.2) is 41.2 Å². The molecule has 0 unspecified atom stereocenters. The van der Waals surface area contributed by atoms with Crippen molar-refractivity contribution in [3.05, 3.63) is 24.3 Å². The molecule has 21 heavy (non-hydrogen) atoms. The fourth-order valence-corrected chi connectivity index (χ4v) is 3.56. The van der Waals surface area contributed by atoms with Crippen LogP contribution in [0.25, 0.3) is 10.9 Å². The van der Waals surface area contributed by atoms with E-state index in [1.54, 1.807) is 11.5 Å². The van der Waals surface area contributed by atoms with Crippen LogP contribution in [-0.2, 0) is 9.53 Å². The molecule has 0 amide bonds. The number of nitrogens with zero attached hydrogens (tertiary/aromatic N) is 2. The summed E-state index contributed by atoms with van der Waals surface area (Å²) in [4.78, 5) is 12.8. The van der Waals surface area contributed by atoms with E-state index in [-0.39, 0.29) is 12.5 Å². The van der Waals surface area contributed by atoms with E-state index in [2.05, 4.69) is 15.3 Å². The van der Waals surface area contributed by atoms with Gasteiger partial charge in [-0.05, 0) is 36.5 Å². The number of carbonyl (C=O) groups is 1. The highest BCUT2D eigenvalue weighted by atomic mass is 32.1. The Kier molecular flexibility index (Phi) is 4.36. The van der Waals surface area contributed by atoms with Crippen molar-refractivity contribution in [3.8, 4) is 0 Å². The summed E-state index contributed by atoms with van der Waals surface area (Å²) in [5.41, 5.74) is 1.05. The van der Waals surface area contributed by atoms with Crippen LogP contribution in [0.4, 0.5) is 5.00 Å². The molecule has 1 aromatic heterocycles. The van der Waals surface area contributed by atoms with Gasteiger partial charge in [-0.15, -0.1) is 0 Å². The number of ether oxygens (including phenoxy) is 1. The monoisotopic (exact) mass is 306 g/mol. The van der Waals surface area contributed by atoms with Gasteiger partial charge in [0, 0.05) is 18.5 Å². The van der Waals surface area contributed by atoms with E-state index < -0.39 is 5.97 Å². The van der Waals surface area contributed by atoms with Gasteiger partial charge >= 0.3 is 5.97 Å². The average molecular weight is 306 g/mol. The number of benzene rings is 1. The highest BCUT2D eigenvalue weighted by Gasteiger charge is 2.22. The predicted octanol–water partition coefficient (Wildman–Crippen LogP) is 2.76. The van der Waals surface area contributed by atoms with Crippen molar-refractivity contribution in [2.45, 2.75) is 25.4 Å². The molecule has 6 heteroatoms. The number of piperidine rings is 1. The van der Waals surface area contributed by atoms with Crippen molar-refractivity contribution in [3.63, 3.8) is 0 Å². The summed E-state index contributed by atoms with van der Waals surface area (Å²) in [6.07, 6.45) is 2.14. The average Bonchev–Trinajstić information content (AvgIpc) is 2.92. The van der Waals surface area contributed by atoms with E-state index >= 15 is 0 Å². The minimum absolute atomic E-state index is 0.0830. The van der Waals surface area contributed by atoms with Gasteiger partial charge in [0.25, 0.3) is 0 Å². The second kappa shape index (κ2) is 6.41. The molecule has 2 aromatic rings. The van der Waals surface area contributed by atoms with Crippen LogP contribution in [0.5, 0.6) is 0 Å². The number of hydrogen-bond acceptors (Lipinski definition) is 5. The van der Waals surface area contributed by atoms with Gasteiger partial charge in [0.1, 0.15) is 5.00 Å². The fourth-order valence-electron chi connectivity index (χ4n) is 2.64. The molecule has 0 radical (unpaired) electrons. The number of hydrogen-bond donors (Lipinski definition) is 1. The maximum atomic E-state index is 10.5. The number of carboxylic acids is 1. The Balaban J connectivity index is 1.57. The van der Waals surface area contributed by atoms with Gasteiger partial charge in [-0.2, -0.15) is 4.37 Å². The maximum absolute atomic E-state index is 10.5. The molecule has 0 spiro atoms. The molecule has 0 atom stereocenters. The molecule has 1 aromatic carbocycles. The Hall–Kier alpha value is -1.66. The second-order valence-electron chi connectivity index (χ2n) is 5.21. The van der Waals surface area contributed by atoms with E-state index in [1.165, 1.54) is 10.4 Å². The van der Waals surface area contributed by atoms with Crippen molar-refractivity contribution >= 4 is 33.4 Å². The van der Waals surface area contributed by atoms with Crippen molar-refractivity contribution in [1.82, 2.24) is 4.37 Å². The number of rotatable bonds is 5. The largest absolute Gasteiger partial charge is 0.481 e. The first-order chi connectivity index (χ1) is 10.2. The van der Waals surface area contributed by atoms with Crippen molar-refractivity contribution in [1.29, 1.82) is 0 Å². The molecule has 0 saturated carbocycles. The zero-order valence-corrected chi connectivity index (χ0v) is 12.5.